The summed E-state index contributed by atoms with van der Waals surface area (Å²) >= 11 is 0. The van der Waals surface area contributed by atoms with Crippen LogP contribution in [-0.2, 0) is 4.74 Å². The monoisotopic (exact) mass is 196 g/mol. The molecule has 2 nitrogen and oxygen atoms in total. The minimum atomic E-state index is -0.260. The molecule has 3 fully saturated rings. The smallest absolute Gasteiger partial charge is 0.0712 e. The lowest BCUT2D eigenvalue weighted by atomic mass is 10.00. The van der Waals surface area contributed by atoms with Crippen molar-refractivity contribution in [3.05, 3.63) is 0 Å². The van der Waals surface area contributed by atoms with Crippen molar-refractivity contribution >= 4 is 0 Å². The van der Waals surface area contributed by atoms with E-state index in [1.165, 1.54) is 32.1 Å². The molecule has 80 valence electrons. The summed E-state index contributed by atoms with van der Waals surface area (Å²) in [5.41, 5.74) is -0.260. The van der Waals surface area contributed by atoms with Gasteiger partial charge in [-0.25, -0.2) is 0 Å². The minimum Gasteiger partial charge on any atom is -0.389 e. The third-order valence-electron chi connectivity index (χ3n) is 4.58. The quantitative estimate of drug-likeness (QED) is 0.749. The van der Waals surface area contributed by atoms with Gasteiger partial charge in [0.1, 0.15) is 0 Å². The molecule has 2 aliphatic carbocycles. The predicted octanol–water partition coefficient (Wildman–Crippen LogP) is 2.11. The third kappa shape index (κ3) is 1.31. The number of hydrogen-bond donors (Lipinski definition) is 1. The van der Waals surface area contributed by atoms with Crippen LogP contribution in [0.3, 0.4) is 0 Å². The van der Waals surface area contributed by atoms with Crippen LogP contribution >= 0.6 is 0 Å². The van der Waals surface area contributed by atoms with E-state index in [4.69, 9.17) is 4.74 Å². The summed E-state index contributed by atoms with van der Waals surface area (Å²) in [5, 5.41) is 10.3. The average molecular weight is 196 g/mol. The molecule has 2 heteroatoms. The number of fused-ring (bicyclic) bond motifs is 1. The molecule has 0 radical (unpaired) electrons. The van der Waals surface area contributed by atoms with E-state index in [0.29, 0.717) is 17.9 Å². The molecule has 0 bridgehead atoms. The highest BCUT2D eigenvalue weighted by atomic mass is 16.5. The topological polar surface area (TPSA) is 29.5 Å². The number of rotatable bonds is 3. The summed E-state index contributed by atoms with van der Waals surface area (Å²) in [6, 6.07) is 0. The number of aliphatic hydroxyl groups is 1. The van der Waals surface area contributed by atoms with Crippen LogP contribution < -0.4 is 0 Å². The van der Waals surface area contributed by atoms with Gasteiger partial charge in [0.2, 0.25) is 0 Å². The van der Waals surface area contributed by atoms with E-state index < -0.39 is 0 Å². The van der Waals surface area contributed by atoms with E-state index >= 15 is 0 Å². The van der Waals surface area contributed by atoms with Crippen molar-refractivity contribution in [1.29, 1.82) is 0 Å². The van der Waals surface area contributed by atoms with E-state index in [0.717, 1.165) is 19.4 Å². The fourth-order valence-electron chi connectivity index (χ4n) is 3.68. The zero-order chi connectivity index (χ0) is 9.60. The van der Waals surface area contributed by atoms with Crippen molar-refractivity contribution in [3.63, 3.8) is 0 Å². The van der Waals surface area contributed by atoms with Gasteiger partial charge in [0, 0.05) is 6.61 Å². The molecule has 14 heavy (non-hydrogen) atoms. The van der Waals surface area contributed by atoms with Gasteiger partial charge in [0.25, 0.3) is 0 Å². The van der Waals surface area contributed by atoms with Crippen LogP contribution in [0.15, 0.2) is 0 Å². The Hall–Kier alpha value is -0.0800. The third-order valence-corrected chi connectivity index (χ3v) is 4.58. The molecule has 3 rings (SSSR count). The summed E-state index contributed by atoms with van der Waals surface area (Å²) in [5.74, 6) is 1.31. The van der Waals surface area contributed by atoms with Crippen molar-refractivity contribution in [2.75, 3.05) is 6.61 Å². The fourth-order valence-corrected chi connectivity index (χ4v) is 3.68. The summed E-state index contributed by atoms with van der Waals surface area (Å²) in [7, 11) is 0. The molecule has 0 aromatic heterocycles. The summed E-state index contributed by atoms with van der Waals surface area (Å²) in [6.45, 7) is 0.940. The molecule has 1 saturated heterocycles. The Bertz CT molecular complexity index is 210. The van der Waals surface area contributed by atoms with Crippen LogP contribution in [-0.4, -0.2) is 23.4 Å². The molecule has 1 aliphatic heterocycles. The Labute approximate surface area is 85.6 Å². The second kappa shape index (κ2) is 3.21. The predicted molar refractivity (Wildman–Crippen MR) is 54.0 cm³/mol. The molecular weight excluding hydrogens is 176 g/mol. The Morgan fingerprint density at radius 2 is 1.93 bits per heavy atom. The standard InChI is InChI=1S/C12H20O2/c13-12(10-4-1-5-11(10)12)7-6-9-3-2-8-14-9/h9-11,13H,1-8H2. The van der Waals surface area contributed by atoms with Crippen molar-refractivity contribution in [1.82, 2.24) is 0 Å². The molecule has 3 unspecified atom stereocenters. The summed E-state index contributed by atoms with van der Waals surface area (Å²) in [6.07, 6.45) is 8.86. The van der Waals surface area contributed by atoms with E-state index in [-0.39, 0.29) is 5.60 Å². The van der Waals surface area contributed by atoms with E-state index in [9.17, 15) is 5.11 Å². The van der Waals surface area contributed by atoms with Gasteiger partial charge < -0.3 is 9.84 Å². The first-order valence-corrected chi connectivity index (χ1v) is 6.15. The zero-order valence-corrected chi connectivity index (χ0v) is 8.74. The van der Waals surface area contributed by atoms with E-state index in [1.807, 2.05) is 0 Å². The molecule has 3 atom stereocenters. The highest BCUT2D eigenvalue weighted by molar-refractivity contribution is 5.14. The number of hydrogen-bond acceptors (Lipinski definition) is 2. The highest BCUT2D eigenvalue weighted by Crippen LogP contribution is 2.62. The van der Waals surface area contributed by atoms with E-state index in [1.54, 1.807) is 0 Å². The summed E-state index contributed by atoms with van der Waals surface area (Å²) in [4.78, 5) is 0. The van der Waals surface area contributed by atoms with Crippen molar-refractivity contribution in [3.8, 4) is 0 Å². The van der Waals surface area contributed by atoms with Gasteiger partial charge >= 0.3 is 0 Å². The lowest BCUT2D eigenvalue weighted by molar-refractivity contribution is 0.0554. The average Bonchev–Trinajstić information content (AvgIpc) is 2.77. The molecule has 1 N–H and O–H groups in total. The Balaban J connectivity index is 1.49. The SMILES string of the molecule is OC1(CCC2CCCO2)C2CCCC21. The maximum atomic E-state index is 10.3. The van der Waals surface area contributed by atoms with Gasteiger partial charge in [0.15, 0.2) is 0 Å². The Kier molecular flexibility index (Phi) is 2.10. The van der Waals surface area contributed by atoms with Crippen LogP contribution in [0.4, 0.5) is 0 Å². The highest BCUT2D eigenvalue weighted by Gasteiger charge is 2.64. The number of ether oxygens (including phenoxy) is 1. The lowest BCUT2D eigenvalue weighted by Crippen LogP contribution is -2.18. The first kappa shape index (κ1) is 9.17. The molecule has 0 aromatic carbocycles. The Morgan fingerprint density at radius 1 is 1.14 bits per heavy atom. The van der Waals surface area contributed by atoms with Crippen LogP contribution in [0.2, 0.25) is 0 Å². The van der Waals surface area contributed by atoms with Gasteiger partial charge in [-0.15, -0.1) is 0 Å². The van der Waals surface area contributed by atoms with Crippen molar-refractivity contribution < 1.29 is 9.84 Å². The first-order chi connectivity index (χ1) is 6.81. The lowest BCUT2D eigenvalue weighted by Gasteiger charge is -2.16. The van der Waals surface area contributed by atoms with Crippen LogP contribution in [0.5, 0.6) is 0 Å². The second-order valence-electron chi connectivity index (χ2n) is 5.31. The van der Waals surface area contributed by atoms with Gasteiger partial charge in [0.05, 0.1) is 11.7 Å². The van der Waals surface area contributed by atoms with Crippen molar-refractivity contribution in [2.24, 2.45) is 11.8 Å². The van der Waals surface area contributed by atoms with Gasteiger partial charge in [-0.05, 0) is 50.4 Å². The maximum absolute atomic E-state index is 10.3. The minimum absolute atomic E-state index is 0.260. The van der Waals surface area contributed by atoms with Crippen molar-refractivity contribution in [2.45, 2.75) is 56.7 Å². The molecule has 3 aliphatic rings. The normalized spacial score (nSPS) is 50.8. The summed E-state index contributed by atoms with van der Waals surface area (Å²) < 4.78 is 5.59. The van der Waals surface area contributed by atoms with Crippen LogP contribution in [0, 0.1) is 11.8 Å². The molecule has 1 heterocycles. The molecule has 0 amide bonds. The van der Waals surface area contributed by atoms with E-state index in [2.05, 4.69) is 0 Å². The Morgan fingerprint density at radius 3 is 2.57 bits per heavy atom. The molecule has 0 spiro atoms. The van der Waals surface area contributed by atoms with Gasteiger partial charge in [-0.1, -0.05) is 6.42 Å². The second-order valence-corrected chi connectivity index (χ2v) is 5.31. The van der Waals surface area contributed by atoms with Gasteiger partial charge in [-0.3, -0.25) is 0 Å². The first-order valence-electron chi connectivity index (χ1n) is 6.15. The maximum Gasteiger partial charge on any atom is 0.0712 e. The van der Waals surface area contributed by atoms with Crippen LogP contribution in [0.25, 0.3) is 0 Å². The van der Waals surface area contributed by atoms with Crippen LogP contribution in [0.1, 0.15) is 44.9 Å². The fraction of sp³-hybridized carbons (Fsp3) is 1.00. The zero-order valence-electron chi connectivity index (χ0n) is 8.74. The largest absolute Gasteiger partial charge is 0.389 e. The molecule has 0 aromatic rings. The van der Waals surface area contributed by atoms with Gasteiger partial charge in [-0.2, -0.15) is 0 Å². The molecular formula is C12H20O2. The molecule has 2 saturated carbocycles.